The zero-order valence-electron chi connectivity index (χ0n) is 5.45. The van der Waals surface area contributed by atoms with E-state index in [1.54, 1.807) is 0 Å². The van der Waals surface area contributed by atoms with E-state index < -0.39 is 0 Å². The van der Waals surface area contributed by atoms with E-state index >= 15 is 0 Å². The largest absolute Gasteiger partial charge is 5.00 e. The van der Waals surface area contributed by atoms with Gasteiger partial charge in [0.25, 0.3) is 0 Å². The smallest absolute Gasteiger partial charge is 5.00 e. The third-order valence-corrected chi connectivity index (χ3v) is 0. The van der Waals surface area contributed by atoms with Gasteiger partial charge in [0.05, 0.1) is 0 Å². The van der Waals surface area contributed by atoms with Crippen LogP contribution in [0.15, 0.2) is 0 Å². The van der Waals surface area contributed by atoms with Gasteiger partial charge in [0.15, 0.2) is 0 Å². The van der Waals surface area contributed by atoms with Gasteiger partial charge < -0.3 is 0 Å². The first-order chi connectivity index (χ1) is 0. The standard InChI is InChI=1S/5GeH3.Ta/h5*1H3;/q5*-1;+5. The topological polar surface area (TPSA) is 0 Å². The van der Waals surface area contributed by atoms with Gasteiger partial charge >= 0.3 is 110 Å². The maximum absolute atomic E-state index is 0. The van der Waals surface area contributed by atoms with Crippen molar-refractivity contribution in [3.8, 4) is 0 Å². The van der Waals surface area contributed by atoms with Gasteiger partial charge in [-0.05, 0) is 0 Å². The molecule has 0 saturated carbocycles. The van der Waals surface area contributed by atoms with Gasteiger partial charge in [0.2, 0.25) is 0 Å². The zero-order valence-corrected chi connectivity index (χ0v) is 29.6. The fourth-order valence-electron chi connectivity index (χ4n) is 0. The Hall–Kier alpha value is 3.45. The van der Waals surface area contributed by atoms with Crippen LogP contribution in [0, 0.1) is 0 Å². The van der Waals surface area contributed by atoms with Crippen LogP contribution in [0.2, 0.25) is 0 Å². The average molecular weight is 559 g/mol. The second kappa shape index (κ2) is 39.4. The van der Waals surface area contributed by atoms with Gasteiger partial charge in [-0.15, -0.1) is 0 Å². The molecule has 0 saturated heterocycles. The van der Waals surface area contributed by atoms with Crippen molar-refractivity contribution in [2.75, 3.05) is 0 Å². The van der Waals surface area contributed by atoms with Crippen LogP contribution in [0.1, 0.15) is 0 Å². The number of hydrogen-bond acceptors (Lipinski definition) is 0. The van der Waals surface area contributed by atoms with Crippen LogP contribution in [0.3, 0.4) is 0 Å². The fourth-order valence-corrected chi connectivity index (χ4v) is 0. The molecule has 0 nitrogen and oxygen atoms in total. The molecule has 0 N–H and O–H groups in total. The first-order valence-corrected chi connectivity index (χ1v) is 0. The Morgan fingerprint density at radius 2 is 0.333 bits per heavy atom. The normalized spacial score (nSPS) is 0. The summed E-state index contributed by atoms with van der Waals surface area (Å²) in [6.07, 6.45) is 0. The van der Waals surface area contributed by atoms with Gasteiger partial charge in [-0.1, -0.05) is 0 Å². The number of rotatable bonds is 0. The van der Waals surface area contributed by atoms with Crippen LogP contribution in [-0.2, 0) is 22.4 Å². The molecular weight excluding hydrogens is 544 g/mol. The van der Waals surface area contributed by atoms with E-state index in [1.165, 1.54) is 0 Å². The summed E-state index contributed by atoms with van der Waals surface area (Å²) >= 11 is 0. The Balaban J connectivity index is 0. The summed E-state index contributed by atoms with van der Waals surface area (Å²) in [5, 5.41) is 0. The Morgan fingerprint density at radius 1 is 0.333 bits per heavy atom. The van der Waals surface area contributed by atoms with Gasteiger partial charge in [-0.25, -0.2) is 0 Å². The minimum absolute atomic E-state index is 0. The molecule has 0 aliphatic rings. The second-order valence-corrected chi connectivity index (χ2v) is 0. The van der Waals surface area contributed by atoms with Gasteiger partial charge in [0.1, 0.15) is 0 Å². The third-order valence-electron chi connectivity index (χ3n) is 0. The molecule has 0 aromatic heterocycles. The summed E-state index contributed by atoms with van der Waals surface area (Å²) in [7, 11) is 0. The molecule has 0 unspecified atom stereocenters. The summed E-state index contributed by atoms with van der Waals surface area (Å²) in [4.78, 5) is 0. The molecule has 0 aromatic carbocycles. The first-order valence-electron chi connectivity index (χ1n) is 0. The van der Waals surface area contributed by atoms with Crippen molar-refractivity contribution in [2.45, 2.75) is 0 Å². The molecule has 0 fully saturated rings. The summed E-state index contributed by atoms with van der Waals surface area (Å²) in [5.41, 5.74) is 0. The van der Waals surface area contributed by atoms with Crippen LogP contribution in [0.4, 0.5) is 0 Å². The summed E-state index contributed by atoms with van der Waals surface area (Å²) in [6.45, 7) is 0. The van der Waals surface area contributed by atoms with Crippen LogP contribution >= 0.6 is 0 Å². The molecule has 0 spiro atoms. The van der Waals surface area contributed by atoms with Gasteiger partial charge in [-0.2, -0.15) is 0 Å². The molecule has 0 heterocycles. The molecule has 0 aliphatic heterocycles. The van der Waals surface area contributed by atoms with Gasteiger partial charge in [0, 0.05) is 0 Å². The second-order valence-electron chi connectivity index (χ2n) is 0. The van der Waals surface area contributed by atoms with E-state index in [1.807, 2.05) is 0 Å². The van der Waals surface area contributed by atoms with Crippen molar-refractivity contribution in [1.29, 1.82) is 0 Å². The third kappa shape index (κ3) is 26.0. The van der Waals surface area contributed by atoms with Crippen LogP contribution in [0.5, 0.6) is 0 Å². The Bertz CT molecular complexity index is 3.90. The molecular formula is H15Ge5Ta. The van der Waals surface area contributed by atoms with Crippen molar-refractivity contribution in [2.24, 2.45) is 0 Å². The molecule has 0 rings (SSSR count). The van der Waals surface area contributed by atoms with Crippen molar-refractivity contribution in [3.63, 3.8) is 0 Å². The van der Waals surface area contributed by atoms with E-state index in [4.69, 9.17) is 0 Å². The van der Waals surface area contributed by atoms with Gasteiger partial charge in [-0.3, -0.25) is 0 Å². The van der Waals surface area contributed by atoms with Crippen molar-refractivity contribution in [3.05, 3.63) is 0 Å². The minimum atomic E-state index is 0. The van der Waals surface area contributed by atoms with Crippen LogP contribution in [-0.4, -0.2) is 88.0 Å². The van der Waals surface area contributed by atoms with Crippen LogP contribution < -0.4 is 0 Å². The molecule has 0 aliphatic carbocycles. The molecule has 0 aromatic rings. The maximum atomic E-state index is 0. The predicted molar refractivity (Wildman–Crippen MR) is 49.7 cm³/mol. The van der Waals surface area contributed by atoms with Crippen molar-refractivity contribution >= 4 is 88.0 Å². The molecule has 0 bridgehead atoms. The molecule has 0 atom stereocenters. The van der Waals surface area contributed by atoms with Crippen molar-refractivity contribution < 1.29 is 22.4 Å². The maximum Gasteiger partial charge on any atom is 5.00 e. The summed E-state index contributed by atoms with van der Waals surface area (Å²) in [5.74, 6) is 0. The Kier molecular flexibility index (Phi) is 372. The SMILES string of the molecule is [GeH3-].[GeH3-].[GeH3-].[GeH3-].[GeH3-].[Ta+5]. The minimum Gasteiger partial charge on any atom is 5.00 e. The predicted octanol–water partition coefficient (Wildman–Crippen LogP) is -5.92. The average Bonchev–Trinajstić information content (AvgIpc) is 0. The molecule has 40 valence electrons. The molecule has 0 radical (unpaired) electrons. The Labute approximate surface area is 108 Å². The Morgan fingerprint density at radius 3 is 0.333 bits per heavy atom. The van der Waals surface area contributed by atoms with Crippen LogP contribution in [0.25, 0.3) is 0 Å². The van der Waals surface area contributed by atoms with E-state index in [0.29, 0.717) is 0 Å². The van der Waals surface area contributed by atoms with E-state index in [9.17, 15) is 0 Å². The van der Waals surface area contributed by atoms with E-state index in [-0.39, 0.29) is 110 Å². The van der Waals surface area contributed by atoms with E-state index in [2.05, 4.69) is 0 Å². The molecule has 6 heavy (non-hydrogen) atoms. The summed E-state index contributed by atoms with van der Waals surface area (Å²) < 4.78 is 0. The molecule has 0 amide bonds. The zero-order chi connectivity index (χ0) is 0. The summed E-state index contributed by atoms with van der Waals surface area (Å²) in [6, 6.07) is 0. The number of hydrogen-bond donors (Lipinski definition) is 0. The first kappa shape index (κ1) is 56.6. The van der Waals surface area contributed by atoms with E-state index in [0.717, 1.165) is 0 Å². The quantitative estimate of drug-likeness (QED) is 0.260. The monoisotopic (exact) mass is 566 g/mol. The molecule has 6 heteroatoms. The van der Waals surface area contributed by atoms with Crippen molar-refractivity contribution in [1.82, 2.24) is 0 Å². The fraction of sp³-hybridized carbons (Fsp3) is 0.